The van der Waals surface area contributed by atoms with E-state index in [0.29, 0.717) is 6.54 Å². The van der Waals surface area contributed by atoms with E-state index in [9.17, 15) is 18.8 Å². The minimum absolute atomic E-state index is 0.0128. The molecule has 3 amide bonds. The Kier molecular flexibility index (Phi) is 4.67. The number of carbonyl (C=O) groups excluding carboxylic acids is 3. The van der Waals surface area contributed by atoms with E-state index >= 15 is 0 Å². The van der Waals surface area contributed by atoms with Gasteiger partial charge in [-0.05, 0) is 18.6 Å². The summed E-state index contributed by atoms with van der Waals surface area (Å²) in [5.74, 6) is -2.53. The van der Waals surface area contributed by atoms with Crippen molar-refractivity contribution < 1.29 is 18.8 Å². The van der Waals surface area contributed by atoms with E-state index in [1.165, 1.54) is 12.1 Å². The Labute approximate surface area is 122 Å². The van der Waals surface area contributed by atoms with Crippen LogP contribution in [0.15, 0.2) is 18.2 Å². The first-order valence-electron chi connectivity index (χ1n) is 6.97. The lowest BCUT2D eigenvalue weighted by Gasteiger charge is -2.13. The Bertz CT molecular complexity index is 586. The fourth-order valence-corrected chi connectivity index (χ4v) is 2.24. The Morgan fingerprint density at radius 1 is 1.24 bits per heavy atom. The number of benzene rings is 1. The van der Waals surface area contributed by atoms with Crippen molar-refractivity contribution in [3.63, 3.8) is 0 Å². The van der Waals surface area contributed by atoms with Crippen LogP contribution in [0.3, 0.4) is 0 Å². The molecule has 0 radical (unpaired) electrons. The van der Waals surface area contributed by atoms with Crippen LogP contribution in [0, 0.1) is 5.82 Å². The molecule has 1 N–H and O–H groups in total. The van der Waals surface area contributed by atoms with Gasteiger partial charge in [-0.2, -0.15) is 0 Å². The summed E-state index contributed by atoms with van der Waals surface area (Å²) in [6, 6.07) is 3.88. The predicted octanol–water partition coefficient (Wildman–Crippen LogP) is 1.73. The molecule has 1 aliphatic rings. The number of halogens is 1. The molecule has 0 aliphatic carbocycles. The third-order valence-corrected chi connectivity index (χ3v) is 3.35. The molecule has 1 heterocycles. The Balaban J connectivity index is 2.00. The van der Waals surface area contributed by atoms with E-state index in [-0.39, 0.29) is 17.7 Å². The molecule has 112 valence electrons. The molecule has 5 nitrogen and oxygen atoms in total. The van der Waals surface area contributed by atoms with Crippen molar-refractivity contribution in [1.82, 2.24) is 10.2 Å². The maximum absolute atomic E-state index is 13.6. The van der Waals surface area contributed by atoms with Crippen LogP contribution in [-0.4, -0.2) is 35.7 Å². The monoisotopic (exact) mass is 292 g/mol. The zero-order valence-corrected chi connectivity index (χ0v) is 11.8. The van der Waals surface area contributed by atoms with E-state index in [1.807, 2.05) is 0 Å². The van der Waals surface area contributed by atoms with Crippen molar-refractivity contribution >= 4 is 17.7 Å². The quantitative estimate of drug-likeness (QED) is 0.641. The van der Waals surface area contributed by atoms with Gasteiger partial charge in [0, 0.05) is 6.54 Å². The molecule has 2 rings (SSSR count). The highest BCUT2D eigenvalue weighted by Gasteiger charge is 2.38. The van der Waals surface area contributed by atoms with Crippen LogP contribution in [0.2, 0.25) is 0 Å². The van der Waals surface area contributed by atoms with Gasteiger partial charge in [0.1, 0.15) is 12.4 Å². The van der Waals surface area contributed by atoms with Crippen LogP contribution in [0.25, 0.3) is 0 Å². The summed E-state index contributed by atoms with van der Waals surface area (Å²) in [6.45, 7) is 2.18. The van der Waals surface area contributed by atoms with Gasteiger partial charge in [-0.3, -0.25) is 19.3 Å². The average molecular weight is 292 g/mol. The molecule has 0 saturated carbocycles. The summed E-state index contributed by atoms with van der Waals surface area (Å²) in [5, 5.41) is 2.65. The lowest BCUT2D eigenvalue weighted by atomic mass is 10.1. The summed E-state index contributed by atoms with van der Waals surface area (Å²) >= 11 is 0. The summed E-state index contributed by atoms with van der Waals surface area (Å²) in [6.07, 6.45) is 2.88. The molecular weight excluding hydrogens is 275 g/mol. The Morgan fingerprint density at radius 3 is 2.67 bits per heavy atom. The Morgan fingerprint density at radius 2 is 2.00 bits per heavy atom. The fourth-order valence-electron chi connectivity index (χ4n) is 2.24. The second-order valence-electron chi connectivity index (χ2n) is 4.92. The normalized spacial score (nSPS) is 13.5. The Hall–Kier alpha value is -2.24. The number of unbranched alkanes of at least 4 members (excludes halogenated alkanes) is 2. The second kappa shape index (κ2) is 6.47. The number of nitrogens with zero attached hydrogens (tertiary/aromatic N) is 1. The smallest absolute Gasteiger partial charge is 0.265 e. The molecule has 0 spiro atoms. The number of amides is 3. The molecule has 0 aromatic heterocycles. The zero-order chi connectivity index (χ0) is 15.4. The predicted molar refractivity (Wildman–Crippen MR) is 74.3 cm³/mol. The van der Waals surface area contributed by atoms with Gasteiger partial charge in [-0.25, -0.2) is 4.39 Å². The first kappa shape index (κ1) is 15.2. The van der Waals surface area contributed by atoms with Crippen LogP contribution in [-0.2, 0) is 4.79 Å². The molecule has 1 aromatic carbocycles. The molecule has 21 heavy (non-hydrogen) atoms. The maximum atomic E-state index is 13.6. The van der Waals surface area contributed by atoms with Crippen LogP contribution >= 0.6 is 0 Å². The second-order valence-corrected chi connectivity index (χ2v) is 4.92. The van der Waals surface area contributed by atoms with Gasteiger partial charge in [0.2, 0.25) is 5.91 Å². The van der Waals surface area contributed by atoms with E-state index < -0.39 is 23.5 Å². The van der Waals surface area contributed by atoms with E-state index in [1.54, 1.807) is 0 Å². The number of nitrogens with one attached hydrogen (secondary N) is 1. The number of carbonyl (C=O) groups is 3. The lowest BCUT2D eigenvalue weighted by molar-refractivity contribution is -0.121. The van der Waals surface area contributed by atoms with Crippen molar-refractivity contribution in [3.05, 3.63) is 35.1 Å². The third kappa shape index (κ3) is 3.09. The highest BCUT2D eigenvalue weighted by Crippen LogP contribution is 2.24. The average Bonchev–Trinajstić information content (AvgIpc) is 2.70. The SMILES string of the molecule is CCCCCNC(=O)CN1C(=O)c2cccc(F)c2C1=O. The van der Waals surface area contributed by atoms with Crippen LogP contribution in [0.4, 0.5) is 4.39 Å². The molecular formula is C15H17FN2O3. The third-order valence-electron chi connectivity index (χ3n) is 3.35. The molecule has 6 heteroatoms. The maximum Gasteiger partial charge on any atom is 0.265 e. The molecule has 1 aliphatic heterocycles. The van der Waals surface area contributed by atoms with E-state index in [0.717, 1.165) is 30.2 Å². The number of imide groups is 1. The zero-order valence-electron chi connectivity index (χ0n) is 11.8. The number of fused-ring (bicyclic) bond motifs is 1. The summed E-state index contributed by atoms with van der Waals surface area (Å²) < 4.78 is 13.6. The number of hydrogen-bond acceptors (Lipinski definition) is 3. The molecule has 0 fully saturated rings. The minimum atomic E-state index is -0.753. The fraction of sp³-hybridized carbons (Fsp3) is 0.400. The molecule has 0 bridgehead atoms. The van der Waals surface area contributed by atoms with Crippen molar-refractivity contribution in [3.8, 4) is 0 Å². The molecule has 0 saturated heterocycles. The number of rotatable bonds is 6. The van der Waals surface area contributed by atoms with Crippen molar-refractivity contribution in [2.75, 3.05) is 13.1 Å². The molecule has 0 unspecified atom stereocenters. The van der Waals surface area contributed by atoms with Gasteiger partial charge < -0.3 is 5.32 Å². The van der Waals surface area contributed by atoms with E-state index in [4.69, 9.17) is 0 Å². The van der Waals surface area contributed by atoms with Crippen molar-refractivity contribution in [2.24, 2.45) is 0 Å². The summed E-state index contributed by atoms with van der Waals surface area (Å²) in [7, 11) is 0. The van der Waals surface area contributed by atoms with Crippen LogP contribution in [0.5, 0.6) is 0 Å². The largest absolute Gasteiger partial charge is 0.355 e. The summed E-state index contributed by atoms with van der Waals surface area (Å²) in [5.41, 5.74) is -0.236. The van der Waals surface area contributed by atoms with Gasteiger partial charge in [0.05, 0.1) is 11.1 Å². The number of hydrogen-bond donors (Lipinski definition) is 1. The molecule has 0 atom stereocenters. The van der Waals surface area contributed by atoms with Crippen LogP contribution < -0.4 is 5.32 Å². The summed E-state index contributed by atoms with van der Waals surface area (Å²) in [4.78, 5) is 36.6. The van der Waals surface area contributed by atoms with Crippen LogP contribution in [0.1, 0.15) is 46.9 Å². The molecule has 1 aromatic rings. The van der Waals surface area contributed by atoms with Gasteiger partial charge in [-0.1, -0.05) is 25.8 Å². The highest BCUT2D eigenvalue weighted by molar-refractivity contribution is 6.22. The first-order chi connectivity index (χ1) is 10.1. The van der Waals surface area contributed by atoms with Gasteiger partial charge in [0.15, 0.2) is 0 Å². The highest BCUT2D eigenvalue weighted by atomic mass is 19.1. The first-order valence-corrected chi connectivity index (χ1v) is 6.97. The topological polar surface area (TPSA) is 66.5 Å². The standard InChI is InChI=1S/C15H17FN2O3/c1-2-3-4-8-17-12(19)9-18-14(20)10-6-5-7-11(16)13(10)15(18)21/h5-7H,2-4,8-9H2,1H3,(H,17,19). The van der Waals surface area contributed by atoms with Crippen molar-refractivity contribution in [2.45, 2.75) is 26.2 Å². The lowest BCUT2D eigenvalue weighted by Crippen LogP contribution is -2.40. The van der Waals surface area contributed by atoms with Gasteiger partial charge >= 0.3 is 0 Å². The van der Waals surface area contributed by atoms with Crippen molar-refractivity contribution in [1.29, 1.82) is 0 Å². The minimum Gasteiger partial charge on any atom is -0.355 e. The van der Waals surface area contributed by atoms with E-state index in [2.05, 4.69) is 12.2 Å². The van der Waals surface area contributed by atoms with Gasteiger partial charge in [-0.15, -0.1) is 0 Å². The van der Waals surface area contributed by atoms with Gasteiger partial charge in [0.25, 0.3) is 11.8 Å².